The quantitative estimate of drug-likeness (QED) is 0.216. The maximum absolute atomic E-state index is 12.3. The van der Waals surface area contributed by atoms with E-state index in [0.29, 0.717) is 21.9 Å². The summed E-state index contributed by atoms with van der Waals surface area (Å²) < 4.78 is 6.00. The van der Waals surface area contributed by atoms with E-state index in [4.69, 9.17) is 16.3 Å². The Kier molecular flexibility index (Phi) is 6.61. The molecule has 0 bridgehead atoms. The zero-order valence-corrected chi connectivity index (χ0v) is 18.0. The fourth-order valence-corrected chi connectivity index (χ4v) is 3.36. The van der Waals surface area contributed by atoms with Gasteiger partial charge in [0.2, 0.25) is 0 Å². The number of hydrogen-bond acceptors (Lipinski definition) is 5. The van der Waals surface area contributed by atoms with Gasteiger partial charge in [-0.25, -0.2) is 5.43 Å². The lowest BCUT2D eigenvalue weighted by Crippen LogP contribution is -2.17. The molecule has 0 aromatic heterocycles. The molecule has 4 aromatic rings. The third-order valence-corrected chi connectivity index (χ3v) is 5.19. The van der Waals surface area contributed by atoms with Crippen LogP contribution in [0.4, 0.5) is 5.69 Å². The Bertz CT molecular complexity index is 1340. The molecule has 1 amide bonds. The number of ether oxygens (including phenoxy) is 1. The second kappa shape index (κ2) is 9.93. The van der Waals surface area contributed by atoms with Gasteiger partial charge in [0, 0.05) is 28.3 Å². The summed E-state index contributed by atoms with van der Waals surface area (Å²) in [5.41, 5.74) is 4.46. The number of non-ortho nitro benzene ring substituents is 1. The van der Waals surface area contributed by atoms with Gasteiger partial charge in [0.25, 0.3) is 11.6 Å². The van der Waals surface area contributed by atoms with Crippen LogP contribution in [-0.4, -0.2) is 17.0 Å². The summed E-state index contributed by atoms with van der Waals surface area (Å²) in [6.45, 7) is 0.217. The molecule has 0 spiro atoms. The minimum Gasteiger partial charge on any atom is -0.488 e. The third-order valence-electron chi connectivity index (χ3n) is 4.94. The molecule has 0 aliphatic carbocycles. The summed E-state index contributed by atoms with van der Waals surface area (Å²) in [4.78, 5) is 22.7. The van der Waals surface area contributed by atoms with Crippen molar-refractivity contribution in [3.8, 4) is 5.75 Å². The van der Waals surface area contributed by atoms with Crippen LogP contribution in [0, 0.1) is 10.1 Å². The average Bonchev–Trinajstić information content (AvgIpc) is 2.84. The van der Waals surface area contributed by atoms with E-state index in [2.05, 4.69) is 10.5 Å². The fraction of sp³-hybridized carbons (Fsp3) is 0.0400. The van der Waals surface area contributed by atoms with Gasteiger partial charge < -0.3 is 4.74 Å². The van der Waals surface area contributed by atoms with E-state index < -0.39 is 4.92 Å². The van der Waals surface area contributed by atoms with E-state index in [1.54, 1.807) is 42.6 Å². The number of nitro groups is 1. The number of hydrogen-bond donors (Lipinski definition) is 1. The molecule has 0 heterocycles. The van der Waals surface area contributed by atoms with E-state index in [1.165, 1.54) is 12.1 Å². The van der Waals surface area contributed by atoms with Gasteiger partial charge in [0.05, 0.1) is 11.1 Å². The van der Waals surface area contributed by atoms with Crippen LogP contribution in [0.25, 0.3) is 10.8 Å². The zero-order valence-electron chi connectivity index (χ0n) is 17.3. The predicted octanol–water partition coefficient (Wildman–Crippen LogP) is 5.74. The van der Waals surface area contributed by atoms with E-state index in [-0.39, 0.29) is 18.2 Å². The summed E-state index contributed by atoms with van der Waals surface area (Å²) in [6, 6.07) is 24.2. The van der Waals surface area contributed by atoms with Crippen LogP contribution in [0.1, 0.15) is 21.5 Å². The molecule has 0 aliphatic rings. The van der Waals surface area contributed by atoms with Crippen LogP contribution in [0.15, 0.2) is 90.0 Å². The Balaban J connectivity index is 1.55. The highest BCUT2D eigenvalue weighted by atomic mass is 35.5. The molecule has 0 fully saturated rings. The first-order valence-electron chi connectivity index (χ1n) is 9.98. The van der Waals surface area contributed by atoms with Crippen LogP contribution in [-0.2, 0) is 6.61 Å². The van der Waals surface area contributed by atoms with Crippen LogP contribution in [0.5, 0.6) is 5.75 Å². The molecule has 0 saturated heterocycles. The number of nitro benzene ring substituents is 1. The monoisotopic (exact) mass is 459 g/mol. The van der Waals surface area contributed by atoms with Crippen LogP contribution in [0.3, 0.4) is 0 Å². The molecule has 33 heavy (non-hydrogen) atoms. The molecular weight excluding hydrogens is 442 g/mol. The first-order chi connectivity index (χ1) is 16.0. The molecule has 0 atom stereocenters. The van der Waals surface area contributed by atoms with E-state index >= 15 is 0 Å². The Hall–Kier alpha value is -4.23. The third kappa shape index (κ3) is 5.34. The molecule has 0 aliphatic heterocycles. The highest BCUT2D eigenvalue weighted by Gasteiger charge is 2.10. The van der Waals surface area contributed by atoms with Crippen molar-refractivity contribution < 1.29 is 14.5 Å². The van der Waals surface area contributed by atoms with Gasteiger partial charge in [0.15, 0.2) is 0 Å². The lowest BCUT2D eigenvalue weighted by molar-refractivity contribution is -0.384. The van der Waals surface area contributed by atoms with Crippen molar-refractivity contribution >= 4 is 40.2 Å². The van der Waals surface area contributed by atoms with Crippen molar-refractivity contribution in [2.75, 3.05) is 0 Å². The number of fused-ring (bicyclic) bond motifs is 1. The Morgan fingerprint density at radius 1 is 1.00 bits per heavy atom. The number of halogens is 1. The molecular formula is C25H18ClN3O4. The lowest BCUT2D eigenvalue weighted by Gasteiger charge is -2.12. The second-order valence-corrected chi connectivity index (χ2v) is 7.55. The summed E-state index contributed by atoms with van der Waals surface area (Å²) in [6.07, 6.45) is 1.54. The fourth-order valence-electron chi connectivity index (χ4n) is 3.23. The summed E-state index contributed by atoms with van der Waals surface area (Å²) in [5.74, 6) is 0.202. The van der Waals surface area contributed by atoms with Gasteiger partial charge in [-0.3, -0.25) is 14.9 Å². The number of nitrogens with one attached hydrogen (secondary N) is 1. The molecule has 4 rings (SSSR count). The number of hydrazone groups is 1. The number of benzene rings is 4. The molecule has 4 aromatic carbocycles. The highest BCUT2D eigenvalue weighted by molar-refractivity contribution is 6.30. The van der Waals surface area contributed by atoms with Gasteiger partial charge >= 0.3 is 0 Å². The van der Waals surface area contributed by atoms with Crippen molar-refractivity contribution in [2.45, 2.75) is 6.61 Å². The van der Waals surface area contributed by atoms with Gasteiger partial charge in [-0.2, -0.15) is 5.10 Å². The smallest absolute Gasteiger partial charge is 0.271 e. The Morgan fingerprint density at radius 3 is 2.45 bits per heavy atom. The van der Waals surface area contributed by atoms with Crippen molar-refractivity contribution in [2.24, 2.45) is 5.10 Å². The van der Waals surface area contributed by atoms with E-state index in [1.807, 2.05) is 36.4 Å². The van der Waals surface area contributed by atoms with Crippen LogP contribution >= 0.6 is 11.6 Å². The van der Waals surface area contributed by atoms with Crippen molar-refractivity contribution in [1.82, 2.24) is 5.43 Å². The maximum Gasteiger partial charge on any atom is 0.271 e. The summed E-state index contributed by atoms with van der Waals surface area (Å²) in [5, 5.41) is 17.4. The van der Waals surface area contributed by atoms with Gasteiger partial charge in [-0.1, -0.05) is 41.9 Å². The first kappa shape index (κ1) is 22.0. The standard InChI is InChI=1S/C25H18ClN3O4/c26-20-10-7-19(8-11-20)25(30)28-27-15-23-22-4-2-1-3-18(22)9-14-24(23)33-16-17-5-12-21(13-6-17)29(31)32/h1-15H,16H2,(H,28,30)/b27-15-. The van der Waals surface area contributed by atoms with E-state index in [0.717, 1.165) is 16.3 Å². The molecule has 0 saturated carbocycles. The van der Waals surface area contributed by atoms with Crippen molar-refractivity contribution in [3.63, 3.8) is 0 Å². The van der Waals surface area contributed by atoms with Crippen molar-refractivity contribution in [1.29, 1.82) is 0 Å². The number of carbonyl (C=O) groups is 1. The second-order valence-electron chi connectivity index (χ2n) is 7.12. The minimum atomic E-state index is -0.444. The van der Waals surface area contributed by atoms with E-state index in [9.17, 15) is 14.9 Å². The molecule has 0 radical (unpaired) electrons. The number of nitrogens with zero attached hydrogens (tertiary/aromatic N) is 2. The molecule has 8 heteroatoms. The first-order valence-corrected chi connectivity index (χ1v) is 10.4. The molecule has 1 N–H and O–H groups in total. The van der Waals surface area contributed by atoms with Gasteiger partial charge in [-0.05, 0) is 58.8 Å². The molecule has 164 valence electrons. The number of amides is 1. The summed E-state index contributed by atoms with van der Waals surface area (Å²) in [7, 11) is 0. The predicted molar refractivity (Wildman–Crippen MR) is 128 cm³/mol. The average molecular weight is 460 g/mol. The number of rotatable bonds is 7. The molecule has 0 unspecified atom stereocenters. The maximum atomic E-state index is 12.3. The van der Waals surface area contributed by atoms with Gasteiger partial charge in [-0.15, -0.1) is 0 Å². The lowest BCUT2D eigenvalue weighted by atomic mass is 10.0. The largest absolute Gasteiger partial charge is 0.488 e. The summed E-state index contributed by atoms with van der Waals surface area (Å²) >= 11 is 5.86. The Labute approximate surface area is 194 Å². The SMILES string of the molecule is O=C(N/N=C\c1c(OCc2ccc([N+](=O)[O-])cc2)ccc2ccccc12)c1ccc(Cl)cc1. The zero-order chi connectivity index (χ0) is 23.2. The topological polar surface area (TPSA) is 93.8 Å². The Morgan fingerprint density at radius 2 is 1.73 bits per heavy atom. The number of carbonyl (C=O) groups excluding carboxylic acids is 1. The highest BCUT2D eigenvalue weighted by Crippen LogP contribution is 2.27. The van der Waals surface area contributed by atoms with Gasteiger partial charge in [0.1, 0.15) is 12.4 Å². The van der Waals surface area contributed by atoms with Crippen LogP contribution < -0.4 is 10.2 Å². The van der Waals surface area contributed by atoms with Crippen LogP contribution in [0.2, 0.25) is 5.02 Å². The normalized spacial score (nSPS) is 10.9. The van der Waals surface area contributed by atoms with Crippen molar-refractivity contribution in [3.05, 3.63) is 117 Å². The molecule has 7 nitrogen and oxygen atoms in total. The minimum absolute atomic E-state index is 0.0220.